The molecule has 0 atom stereocenters. The predicted octanol–water partition coefficient (Wildman–Crippen LogP) is 8.28. The van der Waals surface area contributed by atoms with Crippen LogP contribution in [-0.2, 0) is 0 Å². The Labute approximate surface area is 283 Å². The van der Waals surface area contributed by atoms with E-state index in [9.17, 15) is 14.9 Å². The Bertz CT molecular complexity index is 2270. The first-order chi connectivity index (χ1) is 23.5. The van der Waals surface area contributed by atoms with Gasteiger partial charge in [-0.3, -0.25) is 14.9 Å². The molecular formula is C38H36N6O5. The van der Waals surface area contributed by atoms with E-state index in [1.807, 2.05) is 82.3 Å². The molecule has 3 heterocycles. The van der Waals surface area contributed by atoms with E-state index < -0.39 is 4.92 Å². The Morgan fingerprint density at radius 1 is 1.00 bits per heavy atom. The maximum Gasteiger partial charge on any atom is 0.287 e. The van der Waals surface area contributed by atoms with E-state index in [1.165, 1.54) is 16.8 Å². The lowest BCUT2D eigenvalue weighted by molar-refractivity contribution is -0.385. The first-order valence-corrected chi connectivity index (χ1v) is 16.0. The lowest BCUT2D eigenvalue weighted by Crippen LogP contribution is -2.21. The Kier molecular flexibility index (Phi) is 9.08. The van der Waals surface area contributed by atoms with Crippen molar-refractivity contribution in [3.05, 3.63) is 134 Å². The number of nitro groups is 1. The third kappa shape index (κ3) is 6.55. The minimum Gasteiger partial charge on any atom is -0.494 e. The number of benzene rings is 3. The summed E-state index contributed by atoms with van der Waals surface area (Å²) in [4.78, 5) is 33.3. The molecule has 0 aliphatic heterocycles. The van der Waals surface area contributed by atoms with Crippen molar-refractivity contribution in [1.82, 2.24) is 19.2 Å². The number of para-hydroxylation sites is 1. The van der Waals surface area contributed by atoms with Crippen LogP contribution in [0.1, 0.15) is 54.8 Å². The molecule has 248 valence electrons. The van der Waals surface area contributed by atoms with E-state index in [1.54, 1.807) is 12.3 Å². The molecule has 11 heteroatoms. The van der Waals surface area contributed by atoms with Crippen molar-refractivity contribution in [2.75, 3.05) is 6.61 Å². The average Bonchev–Trinajstić information content (AvgIpc) is 3.37. The molecule has 0 N–H and O–H groups in total. The number of aromatic nitrogens is 4. The van der Waals surface area contributed by atoms with Crippen molar-refractivity contribution in [1.29, 1.82) is 0 Å². The summed E-state index contributed by atoms with van der Waals surface area (Å²) in [6.45, 7) is 12.7. The van der Waals surface area contributed by atoms with Gasteiger partial charge in [0.25, 0.3) is 11.2 Å². The smallest absolute Gasteiger partial charge is 0.287 e. The normalized spacial score (nSPS) is 11.5. The topological polar surface area (TPSA) is 127 Å². The van der Waals surface area contributed by atoms with Gasteiger partial charge in [-0.05, 0) is 99.3 Å². The Morgan fingerprint density at radius 2 is 1.76 bits per heavy atom. The second-order valence-corrected chi connectivity index (χ2v) is 12.0. The van der Waals surface area contributed by atoms with Crippen LogP contribution in [0.3, 0.4) is 0 Å². The average molecular weight is 657 g/mol. The number of nitrogens with zero attached hydrogens (tertiary/aromatic N) is 6. The molecule has 3 aromatic heterocycles. The summed E-state index contributed by atoms with van der Waals surface area (Å²) in [6.07, 6.45) is 2.86. The summed E-state index contributed by atoms with van der Waals surface area (Å²) >= 11 is 0. The first kappa shape index (κ1) is 32.8. The summed E-state index contributed by atoms with van der Waals surface area (Å²) in [5.74, 6) is 2.26. The maximum absolute atomic E-state index is 14.0. The molecule has 0 radical (unpaired) electrons. The molecule has 0 saturated heterocycles. The van der Waals surface area contributed by atoms with Gasteiger partial charge in [0, 0.05) is 40.3 Å². The van der Waals surface area contributed by atoms with Crippen LogP contribution in [0.4, 0.5) is 5.69 Å². The van der Waals surface area contributed by atoms with E-state index in [4.69, 9.17) is 19.6 Å². The van der Waals surface area contributed by atoms with Gasteiger partial charge in [-0.25, -0.2) is 9.97 Å². The van der Waals surface area contributed by atoms with Crippen LogP contribution < -0.4 is 15.0 Å². The van der Waals surface area contributed by atoms with E-state index in [-0.39, 0.29) is 23.0 Å². The molecule has 11 nitrogen and oxygen atoms in total. The molecular weight excluding hydrogens is 620 g/mol. The molecule has 0 saturated carbocycles. The van der Waals surface area contributed by atoms with Crippen molar-refractivity contribution in [2.45, 2.75) is 47.5 Å². The van der Waals surface area contributed by atoms with Crippen molar-refractivity contribution in [3.63, 3.8) is 0 Å². The quantitative estimate of drug-likeness (QED) is 0.0825. The number of pyridine rings is 1. The highest BCUT2D eigenvalue weighted by Gasteiger charge is 2.19. The van der Waals surface area contributed by atoms with E-state index >= 15 is 0 Å². The first-order valence-electron chi connectivity index (χ1n) is 16.0. The second kappa shape index (κ2) is 13.6. The minimum absolute atomic E-state index is 0.106. The van der Waals surface area contributed by atoms with Crippen molar-refractivity contribution >= 4 is 22.8 Å². The molecule has 6 rings (SSSR count). The number of rotatable bonds is 10. The highest BCUT2D eigenvalue weighted by molar-refractivity contribution is 5.84. The third-order valence-corrected chi connectivity index (χ3v) is 8.30. The fourth-order valence-electron chi connectivity index (χ4n) is 5.84. The van der Waals surface area contributed by atoms with Crippen molar-refractivity contribution in [2.24, 2.45) is 5.10 Å². The maximum atomic E-state index is 14.0. The zero-order valence-corrected chi connectivity index (χ0v) is 28.2. The lowest BCUT2D eigenvalue weighted by atomic mass is 9.96. The Morgan fingerprint density at radius 3 is 2.43 bits per heavy atom. The highest BCUT2D eigenvalue weighted by atomic mass is 16.6. The zero-order chi connectivity index (χ0) is 34.8. The minimum atomic E-state index is -0.507. The van der Waals surface area contributed by atoms with Crippen molar-refractivity contribution in [3.8, 4) is 34.5 Å². The van der Waals surface area contributed by atoms with Crippen LogP contribution in [-0.4, -0.2) is 37.0 Å². The fraction of sp³-hybridized carbons (Fsp3) is 0.211. The van der Waals surface area contributed by atoms with Gasteiger partial charge >= 0.3 is 0 Å². The van der Waals surface area contributed by atoms with Crippen LogP contribution in [0.5, 0.6) is 17.4 Å². The SMILES string of the molecule is CCOc1cc(C)c(-c2nc3ccccc3c(=O)n2N=Cc2cc(C)n(-c3ccc(Oc4ccc([N+](=O)[O-])cn4)cc3)c2C)cc1C(C)C. The number of hydrogen-bond acceptors (Lipinski definition) is 8. The van der Waals surface area contributed by atoms with Crippen LogP contribution in [0, 0.1) is 30.9 Å². The highest BCUT2D eigenvalue weighted by Crippen LogP contribution is 2.34. The van der Waals surface area contributed by atoms with Gasteiger partial charge in [0.1, 0.15) is 17.7 Å². The lowest BCUT2D eigenvalue weighted by Gasteiger charge is -2.18. The molecule has 0 aliphatic carbocycles. The van der Waals surface area contributed by atoms with Crippen LogP contribution in [0.2, 0.25) is 0 Å². The number of ether oxygens (including phenoxy) is 2. The molecule has 0 aliphatic rings. The summed E-state index contributed by atoms with van der Waals surface area (Å²) in [7, 11) is 0. The molecule has 3 aromatic carbocycles. The largest absolute Gasteiger partial charge is 0.494 e. The number of fused-ring (bicyclic) bond motifs is 1. The molecule has 6 aromatic rings. The monoisotopic (exact) mass is 656 g/mol. The standard InChI is InChI=1S/C38H36N6O5/c1-7-48-35-18-24(4)33(20-32(35)23(2)3)37-41-34-11-9-8-10-31(34)38(45)43(37)40-21-27-19-25(5)42(26(27)6)28-12-15-30(16-13-28)49-36-17-14-29(22-39-36)44(46)47/h8-23H,7H2,1-6H3. The van der Waals surface area contributed by atoms with E-state index in [2.05, 4.69) is 29.5 Å². The van der Waals surface area contributed by atoms with Gasteiger partial charge in [-0.2, -0.15) is 9.78 Å². The molecule has 49 heavy (non-hydrogen) atoms. The van der Waals surface area contributed by atoms with Crippen molar-refractivity contribution < 1.29 is 14.4 Å². The van der Waals surface area contributed by atoms with Crippen LogP contribution in [0.25, 0.3) is 28.0 Å². The van der Waals surface area contributed by atoms with Gasteiger partial charge < -0.3 is 14.0 Å². The van der Waals surface area contributed by atoms with Crippen LogP contribution >= 0.6 is 0 Å². The number of aryl methyl sites for hydroxylation is 2. The molecule has 0 amide bonds. The summed E-state index contributed by atoms with van der Waals surface area (Å²) in [5, 5.41) is 16.2. The molecule has 0 unspecified atom stereocenters. The van der Waals surface area contributed by atoms with Gasteiger partial charge in [0.15, 0.2) is 5.82 Å². The van der Waals surface area contributed by atoms with Gasteiger partial charge in [0.05, 0.1) is 28.6 Å². The Balaban J connectivity index is 1.37. The van der Waals surface area contributed by atoms with Gasteiger partial charge in [0.2, 0.25) is 5.88 Å². The van der Waals surface area contributed by atoms with Gasteiger partial charge in [-0.15, -0.1) is 0 Å². The van der Waals surface area contributed by atoms with Gasteiger partial charge in [-0.1, -0.05) is 26.0 Å². The van der Waals surface area contributed by atoms with E-state index in [0.29, 0.717) is 29.1 Å². The van der Waals surface area contributed by atoms with Crippen LogP contribution in [0.15, 0.2) is 95.0 Å². The summed E-state index contributed by atoms with van der Waals surface area (Å²) in [6, 6.07) is 23.6. The fourth-order valence-corrected chi connectivity index (χ4v) is 5.84. The molecule has 0 bridgehead atoms. The molecule has 0 fully saturated rings. The third-order valence-electron chi connectivity index (χ3n) is 8.30. The number of hydrogen-bond donors (Lipinski definition) is 0. The zero-order valence-electron chi connectivity index (χ0n) is 28.2. The predicted molar refractivity (Wildman–Crippen MR) is 191 cm³/mol. The Hall–Kier alpha value is -6.10. The second-order valence-electron chi connectivity index (χ2n) is 12.0. The summed E-state index contributed by atoms with van der Waals surface area (Å²) < 4.78 is 15.2. The summed E-state index contributed by atoms with van der Waals surface area (Å²) in [5.41, 5.74) is 6.63. The van der Waals surface area contributed by atoms with E-state index in [0.717, 1.165) is 51.3 Å². The molecule has 0 spiro atoms.